The van der Waals surface area contributed by atoms with Crippen LogP contribution in [0.4, 0.5) is 5.95 Å². The average Bonchev–Trinajstić information content (AvgIpc) is 2.38. The van der Waals surface area contributed by atoms with Crippen molar-refractivity contribution in [2.45, 2.75) is 32.2 Å². The number of carboxylic acid groups (broad SMARTS) is 1. The van der Waals surface area contributed by atoms with E-state index in [0.29, 0.717) is 12.8 Å². The maximum Gasteiger partial charge on any atom is 0.323 e. The summed E-state index contributed by atoms with van der Waals surface area (Å²) in [6.07, 6.45) is 4.17. The Morgan fingerprint density at radius 1 is 1.37 bits per heavy atom. The first-order valence-electron chi connectivity index (χ1n) is 6.03. The van der Waals surface area contributed by atoms with Crippen molar-refractivity contribution < 1.29 is 14.7 Å². The molecule has 0 aliphatic heterocycles. The van der Waals surface area contributed by atoms with Gasteiger partial charge in [-0.2, -0.15) is 0 Å². The number of aliphatic carboxylic acids is 1. The van der Waals surface area contributed by atoms with Crippen LogP contribution in [0.5, 0.6) is 0 Å². The lowest BCUT2D eigenvalue weighted by atomic mass is 9.96. The second kappa shape index (κ2) is 6.79. The van der Waals surface area contributed by atoms with E-state index < -0.39 is 11.5 Å². The monoisotopic (exact) mass is 266 g/mol. The van der Waals surface area contributed by atoms with Gasteiger partial charge in [0, 0.05) is 12.4 Å². The zero-order valence-electron chi connectivity index (χ0n) is 11.0. The molecule has 7 heteroatoms. The molecule has 0 spiro atoms. The molecule has 0 radical (unpaired) electrons. The minimum Gasteiger partial charge on any atom is -0.480 e. The van der Waals surface area contributed by atoms with Crippen molar-refractivity contribution in [3.63, 3.8) is 0 Å². The van der Waals surface area contributed by atoms with Crippen molar-refractivity contribution in [2.24, 2.45) is 0 Å². The van der Waals surface area contributed by atoms with Crippen LogP contribution in [0.15, 0.2) is 18.5 Å². The smallest absolute Gasteiger partial charge is 0.323 e. The molecular formula is C12H18N4O3. The lowest BCUT2D eigenvalue weighted by Crippen LogP contribution is -2.51. The van der Waals surface area contributed by atoms with E-state index in [9.17, 15) is 9.59 Å². The fourth-order valence-electron chi connectivity index (χ4n) is 1.58. The molecule has 104 valence electrons. The van der Waals surface area contributed by atoms with Gasteiger partial charge >= 0.3 is 5.97 Å². The Morgan fingerprint density at radius 3 is 2.53 bits per heavy atom. The van der Waals surface area contributed by atoms with Crippen LogP contribution in [0.3, 0.4) is 0 Å². The number of nitrogens with one attached hydrogen (secondary N) is 2. The molecule has 0 aliphatic rings. The number of aromatic nitrogens is 2. The number of anilines is 1. The van der Waals surface area contributed by atoms with E-state index in [-0.39, 0.29) is 18.4 Å². The van der Waals surface area contributed by atoms with Crippen LogP contribution in [0, 0.1) is 0 Å². The Kier molecular flexibility index (Phi) is 5.37. The number of rotatable bonds is 7. The Morgan fingerprint density at radius 2 is 2.00 bits per heavy atom. The molecule has 1 unspecified atom stereocenters. The molecular weight excluding hydrogens is 248 g/mol. The third-order valence-corrected chi connectivity index (χ3v) is 2.68. The van der Waals surface area contributed by atoms with Crippen LogP contribution in [0.2, 0.25) is 0 Å². The summed E-state index contributed by atoms with van der Waals surface area (Å²) >= 11 is 0. The van der Waals surface area contributed by atoms with Gasteiger partial charge in [0.2, 0.25) is 11.9 Å². The van der Waals surface area contributed by atoms with Crippen LogP contribution in [-0.2, 0) is 9.59 Å². The summed E-state index contributed by atoms with van der Waals surface area (Å²) in [5, 5.41) is 14.4. The van der Waals surface area contributed by atoms with Crippen molar-refractivity contribution in [1.29, 1.82) is 0 Å². The van der Waals surface area contributed by atoms with E-state index in [0.717, 1.165) is 0 Å². The molecule has 0 aromatic carbocycles. The van der Waals surface area contributed by atoms with Gasteiger partial charge in [0.15, 0.2) is 0 Å². The summed E-state index contributed by atoms with van der Waals surface area (Å²) in [6, 6.07) is 1.64. The Bertz CT molecular complexity index is 438. The van der Waals surface area contributed by atoms with E-state index in [2.05, 4.69) is 20.6 Å². The molecule has 0 fully saturated rings. The van der Waals surface area contributed by atoms with Crippen molar-refractivity contribution in [2.75, 3.05) is 11.9 Å². The first kappa shape index (κ1) is 15.0. The highest BCUT2D eigenvalue weighted by molar-refractivity contribution is 5.91. The normalized spacial score (nSPS) is 13.6. The summed E-state index contributed by atoms with van der Waals surface area (Å²) in [5.74, 6) is -1.16. The molecule has 1 aromatic rings. The quantitative estimate of drug-likeness (QED) is 0.669. The van der Waals surface area contributed by atoms with Crippen molar-refractivity contribution in [3.8, 4) is 0 Å². The van der Waals surface area contributed by atoms with Gasteiger partial charge in [0.25, 0.3) is 0 Å². The molecule has 0 aliphatic carbocycles. The van der Waals surface area contributed by atoms with Gasteiger partial charge in [0.05, 0.1) is 6.54 Å². The lowest BCUT2D eigenvalue weighted by Gasteiger charge is -2.25. The second-order valence-electron chi connectivity index (χ2n) is 4.36. The summed E-state index contributed by atoms with van der Waals surface area (Å²) < 4.78 is 0. The van der Waals surface area contributed by atoms with Gasteiger partial charge in [-0.3, -0.25) is 20.2 Å². The molecule has 3 N–H and O–H groups in total. The largest absolute Gasteiger partial charge is 0.480 e. The van der Waals surface area contributed by atoms with Gasteiger partial charge in [-0.05, 0) is 19.4 Å². The molecule has 1 heterocycles. The number of nitrogens with zero attached hydrogens (tertiary/aromatic N) is 2. The fourth-order valence-corrected chi connectivity index (χ4v) is 1.58. The molecule has 0 saturated heterocycles. The summed E-state index contributed by atoms with van der Waals surface area (Å²) in [6.45, 7) is 3.34. The van der Waals surface area contributed by atoms with Gasteiger partial charge < -0.3 is 5.11 Å². The highest BCUT2D eigenvalue weighted by atomic mass is 16.4. The maximum atomic E-state index is 11.6. The zero-order chi connectivity index (χ0) is 14.3. The maximum absolute atomic E-state index is 11.6. The number of hydrogen-bond acceptors (Lipinski definition) is 5. The third kappa shape index (κ3) is 4.63. The SMILES string of the molecule is CCCC(C)(NCC(=O)Nc1ncccn1)C(=O)O. The molecule has 7 nitrogen and oxygen atoms in total. The molecule has 1 aromatic heterocycles. The van der Waals surface area contributed by atoms with Gasteiger partial charge in [-0.25, -0.2) is 9.97 Å². The molecule has 19 heavy (non-hydrogen) atoms. The Balaban J connectivity index is 2.51. The first-order valence-corrected chi connectivity index (χ1v) is 6.03. The number of carboxylic acids is 1. The highest BCUT2D eigenvalue weighted by Gasteiger charge is 2.31. The van der Waals surface area contributed by atoms with Crippen LogP contribution in [0.1, 0.15) is 26.7 Å². The molecule has 0 bridgehead atoms. The zero-order valence-corrected chi connectivity index (χ0v) is 11.0. The predicted octanol–water partition coefficient (Wildman–Crippen LogP) is 0.648. The Labute approximate surface area is 111 Å². The summed E-state index contributed by atoms with van der Waals surface area (Å²) in [5.41, 5.74) is -1.11. The van der Waals surface area contributed by atoms with Gasteiger partial charge in [-0.15, -0.1) is 0 Å². The first-order chi connectivity index (χ1) is 8.98. The van der Waals surface area contributed by atoms with Crippen molar-refractivity contribution in [3.05, 3.63) is 18.5 Å². The standard InChI is InChI=1S/C12H18N4O3/c1-3-5-12(2,10(18)19)15-8-9(17)16-11-13-6-4-7-14-11/h4,6-7,15H,3,5,8H2,1-2H3,(H,18,19)(H,13,14,16,17). The lowest BCUT2D eigenvalue weighted by molar-refractivity contribution is -0.144. The van der Waals surface area contributed by atoms with Gasteiger partial charge in [0.1, 0.15) is 5.54 Å². The topological polar surface area (TPSA) is 104 Å². The molecule has 1 atom stereocenters. The number of carbonyl (C=O) groups is 2. The van der Waals surface area contributed by atoms with Crippen LogP contribution in [0.25, 0.3) is 0 Å². The van der Waals surface area contributed by atoms with E-state index in [1.54, 1.807) is 13.0 Å². The molecule has 0 saturated carbocycles. The van der Waals surface area contributed by atoms with E-state index >= 15 is 0 Å². The highest BCUT2D eigenvalue weighted by Crippen LogP contribution is 2.12. The predicted molar refractivity (Wildman–Crippen MR) is 69.6 cm³/mol. The van der Waals surface area contributed by atoms with Crippen LogP contribution >= 0.6 is 0 Å². The van der Waals surface area contributed by atoms with Gasteiger partial charge in [-0.1, -0.05) is 13.3 Å². The second-order valence-corrected chi connectivity index (χ2v) is 4.36. The minimum absolute atomic E-state index is 0.110. The number of amides is 1. The van der Waals surface area contributed by atoms with E-state index in [1.807, 2.05) is 6.92 Å². The third-order valence-electron chi connectivity index (χ3n) is 2.68. The van der Waals surface area contributed by atoms with E-state index in [4.69, 9.17) is 5.11 Å². The van der Waals surface area contributed by atoms with Crippen molar-refractivity contribution >= 4 is 17.8 Å². The number of hydrogen-bond donors (Lipinski definition) is 3. The van der Waals surface area contributed by atoms with Crippen molar-refractivity contribution in [1.82, 2.24) is 15.3 Å². The summed E-state index contributed by atoms with van der Waals surface area (Å²) in [7, 11) is 0. The van der Waals surface area contributed by atoms with E-state index in [1.165, 1.54) is 12.4 Å². The average molecular weight is 266 g/mol. The summed E-state index contributed by atoms with van der Waals surface area (Å²) in [4.78, 5) is 30.5. The molecule has 1 amide bonds. The minimum atomic E-state index is -1.11. The number of carbonyl (C=O) groups excluding carboxylic acids is 1. The Hall–Kier alpha value is -2.02. The van der Waals surface area contributed by atoms with Crippen LogP contribution in [-0.4, -0.2) is 39.0 Å². The molecule has 1 rings (SSSR count). The van der Waals surface area contributed by atoms with Crippen LogP contribution < -0.4 is 10.6 Å². The fraction of sp³-hybridized carbons (Fsp3) is 0.500.